The number of amides is 1. The number of carbonyl (C=O) groups is 2. The van der Waals surface area contributed by atoms with Crippen molar-refractivity contribution in [3.8, 4) is 0 Å². The van der Waals surface area contributed by atoms with Crippen molar-refractivity contribution in [1.29, 1.82) is 0 Å². The molecule has 0 aromatic heterocycles. The van der Waals surface area contributed by atoms with Gasteiger partial charge in [-0.15, -0.1) is 0 Å². The lowest BCUT2D eigenvalue weighted by molar-refractivity contribution is -0.131. The number of hydrogen-bond donors (Lipinski definition) is 1. The number of nitrogens with zero attached hydrogens (tertiary/aromatic N) is 2. The number of likely N-dealkylation sites (tertiary alicyclic amines) is 1. The van der Waals surface area contributed by atoms with Crippen LogP contribution in [0.4, 0.5) is 0 Å². The topological polar surface area (TPSA) is 60.9 Å². The molecule has 2 rings (SSSR count). The minimum Gasteiger partial charge on any atom is -0.478 e. The number of carboxylic acid groups (broad SMARTS) is 1. The minimum atomic E-state index is -0.922. The summed E-state index contributed by atoms with van der Waals surface area (Å²) in [5.41, 5.74) is 1.29. The van der Waals surface area contributed by atoms with Crippen LogP contribution >= 0.6 is 0 Å². The third kappa shape index (κ3) is 3.81. The van der Waals surface area contributed by atoms with E-state index in [1.807, 2.05) is 16.8 Å². The first-order valence-electron chi connectivity index (χ1n) is 6.85. The van der Waals surface area contributed by atoms with Crippen molar-refractivity contribution in [3.05, 3.63) is 35.4 Å². The third-order valence-corrected chi connectivity index (χ3v) is 3.52. The number of likely N-dealkylation sites (N-methyl/N-ethyl adjacent to an activating group) is 1. The largest absolute Gasteiger partial charge is 0.478 e. The van der Waals surface area contributed by atoms with E-state index in [0.29, 0.717) is 13.1 Å². The first kappa shape index (κ1) is 14.5. The molecule has 1 fully saturated rings. The van der Waals surface area contributed by atoms with Crippen LogP contribution in [-0.2, 0) is 11.3 Å². The van der Waals surface area contributed by atoms with Crippen molar-refractivity contribution in [3.63, 3.8) is 0 Å². The van der Waals surface area contributed by atoms with Gasteiger partial charge in [-0.2, -0.15) is 0 Å². The van der Waals surface area contributed by atoms with E-state index >= 15 is 0 Å². The Labute approximate surface area is 118 Å². The molecule has 1 saturated heterocycles. The van der Waals surface area contributed by atoms with Gasteiger partial charge in [0.25, 0.3) is 0 Å². The summed E-state index contributed by atoms with van der Waals surface area (Å²) in [5, 5.41) is 8.84. The van der Waals surface area contributed by atoms with E-state index in [1.54, 1.807) is 24.3 Å². The molecule has 1 heterocycles. The monoisotopic (exact) mass is 276 g/mol. The average Bonchev–Trinajstić information content (AvgIpc) is 2.93. The van der Waals surface area contributed by atoms with Gasteiger partial charge in [-0.3, -0.25) is 9.69 Å². The Hall–Kier alpha value is -1.88. The van der Waals surface area contributed by atoms with Crippen LogP contribution in [0.15, 0.2) is 24.3 Å². The number of carbonyl (C=O) groups excluding carboxylic acids is 1. The molecule has 1 amide bonds. The molecule has 0 aliphatic carbocycles. The van der Waals surface area contributed by atoms with Gasteiger partial charge in [0.05, 0.1) is 12.1 Å². The van der Waals surface area contributed by atoms with Crippen LogP contribution < -0.4 is 0 Å². The molecule has 1 aromatic carbocycles. The fraction of sp³-hybridized carbons (Fsp3) is 0.467. The van der Waals surface area contributed by atoms with Gasteiger partial charge >= 0.3 is 5.97 Å². The predicted molar refractivity (Wildman–Crippen MR) is 75.5 cm³/mol. The maximum absolute atomic E-state index is 12.0. The van der Waals surface area contributed by atoms with Gasteiger partial charge in [0.1, 0.15) is 0 Å². The smallest absolute Gasteiger partial charge is 0.335 e. The number of aromatic carboxylic acids is 1. The zero-order chi connectivity index (χ0) is 14.5. The van der Waals surface area contributed by atoms with Crippen LogP contribution in [-0.4, -0.2) is 53.5 Å². The summed E-state index contributed by atoms with van der Waals surface area (Å²) >= 11 is 0. The third-order valence-electron chi connectivity index (χ3n) is 3.52. The molecule has 0 saturated carbocycles. The quantitative estimate of drug-likeness (QED) is 0.884. The molecule has 108 valence electrons. The Bertz CT molecular complexity index is 478. The van der Waals surface area contributed by atoms with Gasteiger partial charge in [0, 0.05) is 19.6 Å². The van der Waals surface area contributed by atoms with E-state index in [4.69, 9.17) is 5.11 Å². The molecule has 20 heavy (non-hydrogen) atoms. The van der Waals surface area contributed by atoms with Gasteiger partial charge in [-0.1, -0.05) is 12.1 Å². The summed E-state index contributed by atoms with van der Waals surface area (Å²) in [4.78, 5) is 26.6. The molecule has 5 nitrogen and oxygen atoms in total. The van der Waals surface area contributed by atoms with Crippen molar-refractivity contribution in [2.45, 2.75) is 19.4 Å². The molecule has 1 N–H and O–H groups in total. The van der Waals surface area contributed by atoms with E-state index in [9.17, 15) is 9.59 Å². The minimum absolute atomic E-state index is 0.173. The van der Waals surface area contributed by atoms with E-state index in [2.05, 4.69) is 0 Å². The summed E-state index contributed by atoms with van der Waals surface area (Å²) in [6, 6.07) is 6.77. The zero-order valence-electron chi connectivity index (χ0n) is 11.7. The lowest BCUT2D eigenvalue weighted by Gasteiger charge is -2.21. The van der Waals surface area contributed by atoms with Crippen molar-refractivity contribution in [1.82, 2.24) is 9.80 Å². The van der Waals surface area contributed by atoms with E-state index in [1.165, 1.54) is 0 Å². The Morgan fingerprint density at radius 2 is 1.80 bits per heavy atom. The SMILES string of the molecule is CN(CC(=O)N1CCCC1)Cc1ccc(C(=O)O)cc1. The molecule has 0 radical (unpaired) electrons. The standard InChI is InChI=1S/C15H20N2O3/c1-16(11-14(18)17-8-2-3-9-17)10-12-4-6-13(7-5-12)15(19)20/h4-7H,2-3,8-11H2,1H3,(H,19,20). The Morgan fingerprint density at radius 3 is 2.35 bits per heavy atom. The van der Waals surface area contributed by atoms with Crippen LogP contribution in [0, 0.1) is 0 Å². The molecule has 1 aliphatic rings. The van der Waals surface area contributed by atoms with Gasteiger partial charge in [-0.05, 0) is 37.6 Å². The Kier molecular flexibility index (Phi) is 4.74. The summed E-state index contributed by atoms with van der Waals surface area (Å²) < 4.78 is 0. The van der Waals surface area contributed by atoms with Crippen molar-refractivity contribution in [2.24, 2.45) is 0 Å². The fourth-order valence-corrected chi connectivity index (χ4v) is 2.42. The maximum atomic E-state index is 12.0. The maximum Gasteiger partial charge on any atom is 0.335 e. The number of rotatable bonds is 5. The molecule has 1 aliphatic heterocycles. The number of benzene rings is 1. The second-order valence-corrected chi connectivity index (χ2v) is 5.26. The van der Waals surface area contributed by atoms with Gasteiger partial charge in [0.2, 0.25) is 5.91 Å². The van der Waals surface area contributed by atoms with E-state index < -0.39 is 5.97 Å². The summed E-state index contributed by atoms with van der Waals surface area (Å²) in [6.07, 6.45) is 2.21. The second-order valence-electron chi connectivity index (χ2n) is 5.26. The first-order valence-corrected chi connectivity index (χ1v) is 6.85. The van der Waals surface area contributed by atoms with E-state index in [-0.39, 0.29) is 11.5 Å². The molecule has 0 unspecified atom stereocenters. The van der Waals surface area contributed by atoms with Gasteiger partial charge in [-0.25, -0.2) is 4.79 Å². The van der Waals surface area contributed by atoms with E-state index in [0.717, 1.165) is 31.5 Å². The zero-order valence-corrected chi connectivity index (χ0v) is 11.7. The molecular formula is C15H20N2O3. The Morgan fingerprint density at radius 1 is 1.20 bits per heavy atom. The number of hydrogen-bond acceptors (Lipinski definition) is 3. The predicted octanol–water partition coefficient (Wildman–Crippen LogP) is 1.44. The number of carboxylic acids is 1. The summed E-state index contributed by atoms with van der Waals surface area (Å²) in [6.45, 7) is 2.79. The van der Waals surface area contributed by atoms with Crippen molar-refractivity contribution in [2.75, 3.05) is 26.7 Å². The molecule has 0 atom stereocenters. The lowest BCUT2D eigenvalue weighted by atomic mass is 10.1. The summed E-state index contributed by atoms with van der Waals surface area (Å²) in [7, 11) is 1.90. The Balaban J connectivity index is 1.85. The van der Waals surface area contributed by atoms with Crippen LogP contribution in [0.25, 0.3) is 0 Å². The highest BCUT2D eigenvalue weighted by atomic mass is 16.4. The fourth-order valence-electron chi connectivity index (χ4n) is 2.42. The second kappa shape index (κ2) is 6.52. The molecule has 0 spiro atoms. The van der Waals surface area contributed by atoms with Crippen LogP contribution in [0.3, 0.4) is 0 Å². The first-order chi connectivity index (χ1) is 9.56. The average molecular weight is 276 g/mol. The highest BCUT2D eigenvalue weighted by Crippen LogP contribution is 2.10. The summed E-state index contributed by atoms with van der Waals surface area (Å²) in [5.74, 6) is -0.749. The molecule has 5 heteroatoms. The van der Waals surface area contributed by atoms with Crippen molar-refractivity contribution < 1.29 is 14.7 Å². The molecule has 0 bridgehead atoms. The van der Waals surface area contributed by atoms with Crippen molar-refractivity contribution >= 4 is 11.9 Å². The van der Waals surface area contributed by atoms with Crippen LogP contribution in [0.2, 0.25) is 0 Å². The van der Waals surface area contributed by atoms with Gasteiger partial charge in [0.15, 0.2) is 0 Å². The highest BCUT2D eigenvalue weighted by molar-refractivity contribution is 5.87. The lowest BCUT2D eigenvalue weighted by Crippen LogP contribution is -2.36. The van der Waals surface area contributed by atoms with Gasteiger partial charge < -0.3 is 10.0 Å². The van der Waals surface area contributed by atoms with Crippen LogP contribution in [0.5, 0.6) is 0 Å². The molecule has 1 aromatic rings. The van der Waals surface area contributed by atoms with Crippen LogP contribution in [0.1, 0.15) is 28.8 Å². The molecular weight excluding hydrogens is 256 g/mol. The highest BCUT2D eigenvalue weighted by Gasteiger charge is 2.18. The normalized spacial score (nSPS) is 14.8.